The molecule has 59 heavy (non-hydrogen) atoms. The summed E-state index contributed by atoms with van der Waals surface area (Å²) in [6, 6.07) is 33.2. The quantitative estimate of drug-likeness (QED) is 0.0943. The number of carbonyl (C=O) groups excluding carboxylic acids is 4. The Hall–Kier alpha value is -6.16. The zero-order chi connectivity index (χ0) is 41.2. The van der Waals surface area contributed by atoms with Crippen molar-refractivity contribution in [3.05, 3.63) is 159 Å². The SMILES string of the molecule is COc1ccc(OC)c(C=Cc2ccc(N3C(=O)C4CC=C5C(CC6C(=O)N(c7cccc(Cl)c7)C(=O)C6(c6ccccc6)C5c5ccc(O)cc5Cl)C4C3=O)cc2)c1. The fourth-order valence-corrected chi connectivity index (χ4v) is 10.5. The van der Waals surface area contributed by atoms with Crippen LogP contribution in [-0.4, -0.2) is 43.0 Å². The van der Waals surface area contributed by atoms with Crippen LogP contribution in [0.25, 0.3) is 12.2 Å². The van der Waals surface area contributed by atoms with Crippen molar-refractivity contribution in [2.24, 2.45) is 23.7 Å². The first kappa shape index (κ1) is 38.4. The van der Waals surface area contributed by atoms with Crippen LogP contribution in [0.4, 0.5) is 11.4 Å². The minimum absolute atomic E-state index is 0.0581. The van der Waals surface area contributed by atoms with Gasteiger partial charge in [-0.15, -0.1) is 0 Å². The average Bonchev–Trinajstić information content (AvgIpc) is 3.64. The summed E-state index contributed by atoms with van der Waals surface area (Å²) < 4.78 is 10.9. The van der Waals surface area contributed by atoms with Crippen molar-refractivity contribution in [3.8, 4) is 17.2 Å². The molecule has 0 bridgehead atoms. The number of hydrogen-bond acceptors (Lipinski definition) is 7. The molecular formula is C48H38Cl2N2O7. The highest BCUT2D eigenvalue weighted by molar-refractivity contribution is 6.33. The summed E-state index contributed by atoms with van der Waals surface area (Å²) in [5.74, 6) is -4.04. The molecule has 6 unspecified atom stereocenters. The number of benzene rings is 5. The largest absolute Gasteiger partial charge is 0.508 e. The van der Waals surface area contributed by atoms with E-state index in [1.807, 2.05) is 78.9 Å². The molecule has 2 aliphatic heterocycles. The predicted molar refractivity (Wildman–Crippen MR) is 227 cm³/mol. The summed E-state index contributed by atoms with van der Waals surface area (Å²) in [6.07, 6.45) is 6.19. The van der Waals surface area contributed by atoms with Crippen molar-refractivity contribution in [1.29, 1.82) is 0 Å². The Morgan fingerprint density at radius 3 is 2.22 bits per heavy atom. The Morgan fingerprint density at radius 1 is 0.729 bits per heavy atom. The number of phenolic OH excluding ortho intramolecular Hbond substituents is 1. The number of halogens is 2. The van der Waals surface area contributed by atoms with Crippen LogP contribution in [-0.2, 0) is 24.6 Å². The fourth-order valence-electron chi connectivity index (χ4n) is 9.98. The molecular weight excluding hydrogens is 787 g/mol. The number of amides is 4. The molecule has 2 aliphatic carbocycles. The van der Waals surface area contributed by atoms with Crippen molar-refractivity contribution in [2.45, 2.75) is 24.2 Å². The van der Waals surface area contributed by atoms with Crippen LogP contribution in [0, 0.1) is 23.7 Å². The summed E-state index contributed by atoms with van der Waals surface area (Å²) in [4.78, 5) is 62.0. The van der Waals surface area contributed by atoms with E-state index < -0.39 is 46.8 Å². The molecule has 0 aromatic heterocycles. The molecule has 2 heterocycles. The summed E-state index contributed by atoms with van der Waals surface area (Å²) in [7, 11) is 3.20. The number of allylic oxidation sites excluding steroid dienone is 2. The molecule has 4 amide bonds. The highest BCUT2D eigenvalue weighted by atomic mass is 35.5. The van der Waals surface area contributed by atoms with E-state index in [-0.39, 0.29) is 35.4 Å². The molecule has 9 nitrogen and oxygen atoms in total. The normalized spacial score (nSPS) is 24.9. The third-order valence-corrected chi connectivity index (χ3v) is 13.1. The first-order valence-corrected chi connectivity index (χ1v) is 20.1. The molecule has 2 saturated heterocycles. The Morgan fingerprint density at radius 2 is 1.51 bits per heavy atom. The van der Waals surface area contributed by atoms with E-state index in [1.54, 1.807) is 56.7 Å². The predicted octanol–water partition coefficient (Wildman–Crippen LogP) is 9.25. The van der Waals surface area contributed by atoms with Crippen LogP contribution in [0.3, 0.4) is 0 Å². The highest BCUT2D eigenvalue weighted by Crippen LogP contribution is 2.65. The lowest BCUT2D eigenvalue weighted by Gasteiger charge is -2.51. The van der Waals surface area contributed by atoms with E-state index in [1.165, 1.54) is 21.9 Å². The smallest absolute Gasteiger partial charge is 0.246 e. The van der Waals surface area contributed by atoms with Gasteiger partial charge in [0.15, 0.2) is 0 Å². The molecule has 3 fully saturated rings. The van der Waals surface area contributed by atoms with E-state index in [0.29, 0.717) is 39.0 Å². The molecule has 1 N–H and O–H groups in total. The van der Waals surface area contributed by atoms with Crippen molar-refractivity contribution >= 4 is 70.4 Å². The Balaban J connectivity index is 1.12. The minimum Gasteiger partial charge on any atom is -0.508 e. The Bertz CT molecular complexity index is 2610. The average molecular weight is 826 g/mol. The van der Waals surface area contributed by atoms with Gasteiger partial charge in [-0.2, -0.15) is 0 Å². The van der Waals surface area contributed by atoms with Crippen LogP contribution in [0.2, 0.25) is 10.0 Å². The van der Waals surface area contributed by atoms with Crippen molar-refractivity contribution < 1.29 is 33.8 Å². The lowest BCUT2D eigenvalue weighted by Crippen LogP contribution is -2.53. The van der Waals surface area contributed by atoms with Crippen LogP contribution in [0.1, 0.15) is 41.0 Å². The fraction of sp³-hybridized carbons (Fsp3) is 0.208. The van der Waals surface area contributed by atoms with E-state index in [0.717, 1.165) is 16.7 Å². The third kappa shape index (κ3) is 6.05. The number of rotatable bonds is 8. The number of imide groups is 2. The standard InChI is InChI=1S/C48H38Cl2N2O7/c1-58-34-18-22-41(59-2)28(23-34)14-11-27-12-15-31(16-13-27)51-44(54)37-21-20-35-38(42(37)46(51)56)26-39-45(55)52(32-10-6-9-30(49)24-32)47(57)48(39,29-7-4-3-5-8-29)43(35)36-19-17-33(53)25-40(36)50/h3-20,22-25,37-39,42-43,53H,21,26H2,1-2H3. The number of carbonyl (C=O) groups is 4. The number of anilines is 2. The van der Waals surface area contributed by atoms with Gasteiger partial charge in [-0.3, -0.25) is 24.1 Å². The highest BCUT2D eigenvalue weighted by Gasteiger charge is 2.70. The second-order valence-electron chi connectivity index (χ2n) is 15.3. The summed E-state index contributed by atoms with van der Waals surface area (Å²) in [5, 5.41) is 11.0. The molecule has 9 rings (SSSR count). The van der Waals surface area contributed by atoms with Crippen molar-refractivity contribution in [1.82, 2.24) is 0 Å². The molecule has 1 saturated carbocycles. The summed E-state index contributed by atoms with van der Waals surface area (Å²) in [6.45, 7) is 0. The number of aromatic hydroxyl groups is 1. The topological polar surface area (TPSA) is 113 Å². The molecule has 0 spiro atoms. The first-order chi connectivity index (χ1) is 28.6. The Labute approximate surface area is 351 Å². The van der Waals surface area contributed by atoms with Crippen LogP contribution >= 0.6 is 23.2 Å². The number of methoxy groups -OCH3 is 2. The zero-order valence-corrected chi connectivity index (χ0v) is 33.6. The van der Waals surface area contributed by atoms with E-state index in [4.69, 9.17) is 32.7 Å². The van der Waals surface area contributed by atoms with Gasteiger partial charge in [0.05, 0.1) is 48.8 Å². The number of ether oxygens (including phenoxy) is 2. The van der Waals surface area contributed by atoms with Gasteiger partial charge in [0.2, 0.25) is 23.6 Å². The number of hydrogen-bond donors (Lipinski definition) is 1. The van der Waals surface area contributed by atoms with E-state index in [2.05, 4.69) is 0 Å². The number of nitrogens with zero attached hydrogens (tertiary/aromatic N) is 2. The van der Waals surface area contributed by atoms with Crippen LogP contribution in [0.5, 0.6) is 17.2 Å². The van der Waals surface area contributed by atoms with Crippen molar-refractivity contribution in [2.75, 3.05) is 24.0 Å². The first-order valence-electron chi connectivity index (χ1n) is 19.3. The maximum atomic E-state index is 15.4. The third-order valence-electron chi connectivity index (χ3n) is 12.5. The summed E-state index contributed by atoms with van der Waals surface area (Å²) >= 11 is 13.4. The summed E-state index contributed by atoms with van der Waals surface area (Å²) in [5.41, 5.74) is 2.88. The second-order valence-corrected chi connectivity index (χ2v) is 16.2. The van der Waals surface area contributed by atoms with Crippen molar-refractivity contribution in [3.63, 3.8) is 0 Å². The van der Waals surface area contributed by atoms with Gasteiger partial charge in [0, 0.05) is 21.5 Å². The molecule has 4 aliphatic rings. The van der Waals surface area contributed by atoms with Gasteiger partial charge in [-0.05, 0) is 96.1 Å². The van der Waals surface area contributed by atoms with Gasteiger partial charge >= 0.3 is 0 Å². The lowest BCUT2D eigenvalue weighted by molar-refractivity contribution is -0.127. The number of fused-ring (bicyclic) bond motifs is 4. The van der Waals surface area contributed by atoms with Gasteiger partial charge < -0.3 is 14.6 Å². The second kappa shape index (κ2) is 14.9. The molecule has 5 aromatic carbocycles. The zero-order valence-electron chi connectivity index (χ0n) is 32.0. The van der Waals surface area contributed by atoms with Gasteiger partial charge in [0.25, 0.3) is 0 Å². The molecule has 6 atom stereocenters. The maximum absolute atomic E-state index is 15.4. The minimum atomic E-state index is -1.49. The van der Waals surface area contributed by atoms with Gasteiger partial charge in [-0.25, -0.2) is 4.90 Å². The van der Waals surface area contributed by atoms with Crippen LogP contribution in [0.15, 0.2) is 127 Å². The Kier molecular flexibility index (Phi) is 9.69. The van der Waals surface area contributed by atoms with Gasteiger partial charge in [0.1, 0.15) is 17.2 Å². The van der Waals surface area contributed by atoms with Crippen LogP contribution < -0.4 is 19.3 Å². The number of phenols is 1. The van der Waals surface area contributed by atoms with E-state index in [9.17, 15) is 19.5 Å². The monoisotopic (exact) mass is 824 g/mol. The molecule has 296 valence electrons. The van der Waals surface area contributed by atoms with E-state index >= 15 is 4.79 Å². The van der Waals surface area contributed by atoms with Gasteiger partial charge in [-0.1, -0.05) is 102 Å². The molecule has 5 aromatic rings. The lowest BCUT2D eigenvalue weighted by atomic mass is 9.49. The maximum Gasteiger partial charge on any atom is 0.246 e. The molecule has 0 radical (unpaired) electrons. The molecule has 11 heteroatoms.